The first-order valence-corrected chi connectivity index (χ1v) is 5.07. The number of hydrogen-bond donors (Lipinski definition) is 1. The van der Waals surface area contributed by atoms with Gasteiger partial charge in [0.05, 0.1) is 12.2 Å². The van der Waals surface area contributed by atoms with E-state index in [1.165, 1.54) is 0 Å². The highest BCUT2D eigenvalue weighted by molar-refractivity contribution is 5.89. The number of ether oxygens (including phenoxy) is 1. The van der Waals surface area contributed by atoms with E-state index in [0.717, 1.165) is 0 Å². The average Bonchev–Trinajstić information content (AvgIpc) is 2.29. The van der Waals surface area contributed by atoms with Crippen LogP contribution >= 0.6 is 0 Å². The van der Waals surface area contributed by atoms with Gasteiger partial charge in [0.1, 0.15) is 0 Å². The van der Waals surface area contributed by atoms with Crippen molar-refractivity contribution in [3.05, 3.63) is 35.9 Å². The van der Waals surface area contributed by atoms with Crippen LogP contribution in [0, 0.1) is 5.92 Å². The molecule has 0 spiro atoms. The molecule has 0 bridgehead atoms. The highest BCUT2D eigenvalue weighted by atomic mass is 16.5. The second kappa shape index (κ2) is 6.19. The molecule has 0 aliphatic rings. The Morgan fingerprint density at radius 2 is 2.07 bits per heavy atom. The first-order chi connectivity index (χ1) is 7.24. The number of benzene rings is 1. The fraction of sp³-hybridized carbons (Fsp3) is 0.417. The Morgan fingerprint density at radius 1 is 1.40 bits per heavy atom. The third-order valence-corrected chi connectivity index (χ3v) is 2.16. The van der Waals surface area contributed by atoms with Crippen molar-refractivity contribution in [1.82, 2.24) is 0 Å². The van der Waals surface area contributed by atoms with E-state index in [-0.39, 0.29) is 18.5 Å². The Kier molecular flexibility index (Phi) is 4.84. The maximum atomic E-state index is 11.4. The zero-order valence-electron chi connectivity index (χ0n) is 8.85. The van der Waals surface area contributed by atoms with Crippen LogP contribution in [0.5, 0.6) is 0 Å². The normalized spacial score (nSPS) is 12.1. The van der Waals surface area contributed by atoms with Gasteiger partial charge in [-0.15, -0.1) is 0 Å². The van der Waals surface area contributed by atoms with Crippen molar-refractivity contribution in [2.45, 2.75) is 13.3 Å². The molecule has 0 heterocycles. The van der Waals surface area contributed by atoms with Crippen LogP contribution in [0.1, 0.15) is 23.7 Å². The highest BCUT2D eigenvalue weighted by Crippen LogP contribution is 2.04. The summed E-state index contributed by atoms with van der Waals surface area (Å²) in [4.78, 5) is 11.4. The number of aliphatic hydroxyl groups excluding tert-OH is 1. The van der Waals surface area contributed by atoms with Crippen LogP contribution in [0.2, 0.25) is 0 Å². The Balaban J connectivity index is 2.31. The molecule has 3 nitrogen and oxygen atoms in total. The molecule has 0 fully saturated rings. The second-order valence-electron chi connectivity index (χ2n) is 3.58. The molecule has 1 rings (SSSR count). The van der Waals surface area contributed by atoms with Crippen LogP contribution in [0.4, 0.5) is 0 Å². The molecule has 1 aromatic rings. The van der Waals surface area contributed by atoms with Crippen LogP contribution in [0.25, 0.3) is 0 Å². The summed E-state index contributed by atoms with van der Waals surface area (Å²) in [6.07, 6.45) is 0.690. The van der Waals surface area contributed by atoms with E-state index in [4.69, 9.17) is 9.84 Å². The average molecular weight is 208 g/mol. The Bertz CT molecular complexity index is 295. The van der Waals surface area contributed by atoms with Gasteiger partial charge >= 0.3 is 5.97 Å². The zero-order chi connectivity index (χ0) is 11.1. The summed E-state index contributed by atoms with van der Waals surface area (Å²) < 4.78 is 5.05. The van der Waals surface area contributed by atoms with Crippen molar-refractivity contribution in [3.8, 4) is 0 Å². The largest absolute Gasteiger partial charge is 0.462 e. The molecular formula is C12H16O3. The summed E-state index contributed by atoms with van der Waals surface area (Å²) in [7, 11) is 0. The van der Waals surface area contributed by atoms with Crippen LogP contribution in [-0.2, 0) is 4.74 Å². The summed E-state index contributed by atoms with van der Waals surface area (Å²) in [5, 5.41) is 8.78. The Hall–Kier alpha value is -1.35. The molecule has 1 aromatic carbocycles. The molecule has 3 heteroatoms. The predicted molar refractivity (Wildman–Crippen MR) is 57.6 cm³/mol. The molecule has 0 aliphatic heterocycles. The third kappa shape index (κ3) is 4.13. The van der Waals surface area contributed by atoms with Gasteiger partial charge in [-0.25, -0.2) is 4.79 Å². The number of esters is 1. The number of rotatable bonds is 5. The van der Waals surface area contributed by atoms with Crippen molar-refractivity contribution < 1.29 is 14.6 Å². The standard InChI is InChI=1S/C12H16O3/c1-10(9-13)7-8-15-12(14)11-5-3-2-4-6-11/h2-6,10,13H,7-9H2,1H3. The van der Waals surface area contributed by atoms with Gasteiger partial charge in [-0.2, -0.15) is 0 Å². The maximum Gasteiger partial charge on any atom is 0.338 e. The first-order valence-electron chi connectivity index (χ1n) is 5.07. The van der Waals surface area contributed by atoms with Gasteiger partial charge in [-0.3, -0.25) is 0 Å². The SMILES string of the molecule is CC(CO)CCOC(=O)c1ccccc1. The smallest absolute Gasteiger partial charge is 0.338 e. The molecule has 0 saturated heterocycles. The van der Waals surface area contributed by atoms with Crippen molar-refractivity contribution in [1.29, 1.82) is 0 Å². The van der Waals surface area contributed by atoms with E-state index in [1.807, 2.05) is 13.0 Å². The third-order valence-electron chi connectivity index (χ3n) is 2.16. The van der Waals surface area contributed by atoms with Gasteiger partial charge < -0.3 is 9.84 Å². The first kappa shape index (κ1) is 11.7. The van der Waals surface area contributed by atoms with E-state index in [9.17, 15) is 4.79 Å². The van der Waals surface area contributed by atoms with Gasteiger partial charge in [-0.05, 0) is 24.5 Å². The molecule has 0 radical (unpaired) electrons. The van der Waals surface area contributed by atoms with Gasteiger partial charge in [0, 0.05) is 6.61 Å². The summed E-state index contributed by atoms with van der Waals surface area (Å²) >= 11 is 0. The maximum absolute atomic E-state index is 11.4. The minimum Gasteiger partial charge on any atom is -0.462 e. The van der Waals surface area contributed by atoms with E-state index < -0.39 is 0 Å². The lowest BCUT2D eigenvalue weighted by Gasteiger charge is -2.08. The van der Waals surface area contributed by atoms with Crippen LogP contribution in [0.15, 0.2) is 30.3 Å². The molecule has 0 amide bonds. The number of carbonyl (C=O) groups is 1. The molecule has 1 N–H and O–H groups in total. The summed E-state index contributed by atoms with van der Waals surface area (Å²) in [6, 6.07) is 8.89. The van der Waals surface area contributed by atoms with Crippen LogP contribution in [0.3, 0.4) is 0 Å². The summed E-state index contributed by atoms with van der Waals surface area (Å²) in [6.45, 7) is 2.40. The molecule has 1 atom stereocenters. The topological polar surface area (TPSA) is 46.5 Å². The molecule has 0 aromatic heterocycles. The lowest BCUT2D eigenvalue weighted by atomic mass is 10.1. The minimum absolute atomic E-state index is 0.128. The fourth-order valence-corrected chi connectivity index (χ4v) is 1.10. The molecule has 0 saturated carbocycles. The van der Waals surface area contributed by atoms with Gasteiger partial charge in [0.15, 0.2) is 0 Å². The quantitative estimate of drug-likeness (QED) is 0.751. The van der Waals surface area contributed by atoms with Gasteiger partial charge in [0.25, 0.3) is 0 Å². The van der Waals surface area contributed by atoms with Gasteiger partial charge in [-0.1, -0.05) is 25.1 Å². The van der Waals surface area contributed by atoms with Crippen molar-refractivity contribution in [2.75, 3.05) is 13.2 Å². The lowest BCUT2D eigenvalue weighted by molar-refractivity contribution is 0.0472. The molecule has 0 aliphatic carbocycles. The monoisotopic (exact) mass is 208 g/mol. The number of carbonyl (C=O) groups excluding carboxylic acids is 1. The predicted octanol–water partition coefficient (Wildman–Crippen LogP) is 1.86. The fourth-order valence-electron chi connectivity index (χ4n) is 1.10. The van der Waals surface area contributed by atoms with E-state index in [0.29, 0.717) is 18.6 Å². The molecule has 1 unspecified atom stereocenters. The number of aliphatic hydroxyl groups is 1. The zero-order valence-corrected chi connectivity index (χ0v) is 8.85. The minimum atomic E-state index is -0.305. The number of hydrogen-bond acceptors (Lipinski definition) is 3. The van der Waals surface area contributed by atoms with Crippen molar-refractivity contribution >= 4 is 5.97 Å². The highest BCUT2D eigenvalue weighted by Gasteiger charge is 2.06. The Labute approximate surface area is 89.7 Å². The summed E-state index contributed by atoms with van der Waals surface area (Å²) in [5.74, 6) is -0.130. The molecular weight excluding hydrogens is 192 g/mol. The molecule has 15 heavy (non-hydrogen) atoms. The van der Waals surface area contributed by atoms with E-state index >= 15 is 0 Å². The van der Waals surface area contributed by atoms with Gasteiger partial charge in [0.2, 0.25) is 0 Å². The van der Waals surface area contributed by atoms with E-state index in [1.54, 1.807) is 24.3 Å². The van der Waals surface area contributed by atoms with E-state index in [2.05, 4.69) is 0 Å². The van der Waals surface area contributed by atoms with Crippen molar-refractivity contribution in [3.63, 3.8) is 0 Å². The van der Waals surface area contributed by atoms with Crippen LogP contribution in [-0.4, -0.2) is 24.3 Å². The Morgan fingerprint density at radius 3 is 2.67 bits per heavy atom. The summed E-state index contributed by atoms with van der Waals surface area (Å²) in [5.41, 5.74) is 0.564. The second-order valence-corrected chi connectivity index (χ2v) is 3.58. The van der Waals surface area contributed by atoms with Crippen molar-refractivity contribution in [2.24, 2.45) is 5.92 Å². The van der Waals surface area contributed by atoms with Crippen LogP contribution < -0.4 is 0 Å². The molecule has 82 valence electrons. The lowest BCUT2D eigenvalue weighted by Crippen LogP contribution is -2.10.